The first kappa shape index (κ1) is 29.0. The molecule has 228 valence electrons. The molecule has 3 heterocycles. The van der Waals surface area contributed by atoms with Crippen molar-refractivity contribution in [1.82, 2.24) is 10.2 Å². The Morgan fingerprint density at radius 3 is 1.98 bits per heavy atom. The number of benzene rings is 4. The normalized spacial score (nSPS) is 26.0. The van der Waals surface area contributed by atoms with Crippen LogP contribution in [0.15, 0.2) is 109 Å². The van der Waals surface area contributed by atoms with Gasteiger partial charge in [0.05, 0.1) is 12.0 Å². The maximum absolute atomic E-state index is 15.3. The lowest BCUT2D eigenvalue weighted by Gasteiger charge is -2.40. The molecule has 0 aliphatic carbocycles. The fraction of sp³-hybridized carbons (Fsp3) is 0.250. The van der Waals surface area contributed by atoms with Crippen LogP contribution in [0.4, 0.5) is 18.9 Å². The number of Topliss-reactive ketones (excluding diaryl/α,β-unsaturated/α-hetero) is 1. The first-order valence-electron chi connectivity index (χ1n) is 14.8. The zero-order valence-electron chi connectivity index (χ0n) is 24.4. The third-order valence-corrected chi connectivity index (χ3v) is 9.59. The van der Waals surface area contributed by atoms with E-state index < -0.39 is 46.7 Å². The number of anilines is 1. The summed E-state index contributed by atoms with van der Waals surface area (Å²) in [6, 6.07) is 29.0. The molecule has 2 spiro atoms. The van der Waals surface area contributed by atoms with Gasteiger partial charge < -0.3 is 9.80 Å². The van der Waals surface area contributed by atoms with E-state index in [-0.39, 0.29) is 30.8 Å². The summed E-state index contributed by atoms with van der Waals surface area (Å²) in [5.41, 5.74) is -1.04. The SMILES string of the molecule is Cc1ccc([C@@H]2[C@@H](C(F)(F)F)N[C@]3(C(=O)N(Cc4ccccc4)c4ccccc43)[C@]23CN(Cc2ccccc2)C(=O)C3=O)cc1. The first-order chi connectivity index (χ1) is 21.6. The van der Waals surface area contributed by atoms with E-state index >= 15 is 13.2 Å². The molecule has 6 nitrogen and oxygen atoms in total. The number of halogens is 3. The van der Waals surface area contributed by atoms with Crippen molar-refractivity contribution in [3.05, 3.63) is 137 Å². The molecule has 3 aliphatic rings. The molecular formula is C36H30F3N3O3. The average Bonchev–Trinajstić information content (AvgIpc) is 3.58. The Balaban J connectivity index is 1.48. The topological polar surface area (TPSA) is 69.7 Å². The van der Waals surface area contributed by atoms with E-state index in [0.717, 1.165) is 16.7 Å². The highest BCUT2D eigenvalue weighted by molar-refractivity contribution is 6.42. The second kappa shape index (κ2) is 10.4. The van der Waals surface area contributed by atoms with Crippen molar-refractivity contribution in [2.45, 2.75) is 43.7 Å². The van der Waals surface area contributed by atoms with Gasteiger partial charge in [0.25, 0.3) is 11.8 Å². The van der Waals surface area contributed by atoms with Gasteiger partial charge >= 0.3 is 6.18 Å². The van der Waals surface area contributed by atoms with E-state index in [9.17, 15) is 14.4 Å². The molecule has 0 unspecified atom stereocenters. The van der Waals surface area contributed by atoms with Gasteiger partial charge in [0.15, 0.2) is 0 Å². The smallest absolute Gasteiger partial charge is 0.331 e. The number of amides is 2. The second-order valence-electron chi connectivity index (χ2n) is 12.1. The minimum atomic E-state index is -4.86. The molecule has 7 rings (SSSR count). The summed E-state index contributed by atoms with van der Waals surface area (Å²) in [6.07, 6.45) is -4.86. The second-order valence-corrected chi connectivity index (χ2v) is 12.1. The van der Waals surface area contributed by atoms with Gasteiger partial charge in [-0.15, -0.1) is 0 Å². The van der Waals surface area contributed by atoms with Crippen LogP contribution in [0.1, 0.15) is 33.7 Å². The molecule has 2 saturated heterocycles. The Hall–Kier alpha value is -4.76. The zero-order valence-corrected chi connectivity index (χ0v) is 24.4. The summed E-state index contributed by atoms with van der Waals surface area (Å²) in [6.45, 7) is 1.55. The Labute approximate surface area is 258 Å². The number of rotatable bonds is 5. The standard InChI is InChI=1S/C36H30F3N3O3/c1-23-16-18-26(19-17-23)29-30(36(37,38)39)40-35(34(29)22-41(32(44)31(34)43)20-24-10-4-2-5-11-24)27-14-8-9-15-28(27)42(33(35)45)21-25-12-6-3-7-13-25/h2-19,29-30,40H,20-22H2,1H3/t29-,30+,34-,35-/m1/s1. The molecule has 2 fully saturated rings. The van der Waals surface area contributed by atoms with Crippen molar-refractivity contribution in [1.29, 1.82) is 0 Å². The molecule has 9 heteroatoms. The predicted octanol–water partition coefficient (Wildman–Crippen LogP) is 5.65. The quantitative estimate of drug-likeness (QED) is 0.297. The van der Waals surface area contributed by atoms with E-state index in [0.29, 0.717) is 5.69 Å². The largest absolute Gasteiger partial charge is 0.404 e. The molecule has 45 heavy (non-hydrogen) atoms. The summed E-state index contributed by atoms with van der Waals surface area (Å²) in [7, 11) is 0. The lowest BCUT2D eigenvalue weighted by Crippen LogP contribution is -2.60. The van der Waals surface area contributed by atoms with Gasteiger partial charge in [0.1, 0.15) is 11.6 Å². The molecule has 0 aromatic heterocycles. The molecular weight excluding hydrogens is 579 g/mol. The fourth-order valence-corrected chi connectivity index (χ4v) is 7.67. The molecule has 4 aromatic rings. The average molecular weight is 610 g/mol. The van der Waals surface area contributed by atoms with Crippen LogP contribution in [0, 0.1) is 12.3 Å². The van der Waals surface area contributed by atoms with Crippen LogP contribution in [-0.2, 0) is 33.0 Å². The zero-order chi connectivity index (χ0) is 31.6. The van der Waals surface area contributed by atoms with Gasteiger partial charge in [-0.2, -0.15) is 13.2 Å². The number of para-hydroxylation sites is 1. The molecule has 4 atom stereocenters. The number of carbonyl (C=O) groups is 3. The maximum atomic E-state index is 15.3. The van der Waals surface area contributed by atoms with Crippen LogP contribution in [0.5, 0.6) is 0 Å². The Bertz CT molecular complexity index is 1800. The number of ketones is 1. The summed E-state index contributed by atoms with van der Waals surface area (Å²) < 4.78 is 45.8. The van der Waals surface area contributed by atoms with Crippen molar-refractivity contribution in [3.8, 4) is 0 Å². The first-order valence-corrected chi connectivity index (χ1v) is 14.8. The monoisotopic (exact) mass is 609 g/mol. The van der Waals surface area contributed by atoms with Gasteiger partial charge in [-0.3, -0.25) is 19.7 Å². The third kappa shape index (κ3) is 4.24. The lowest BCUT2D eigenvalue weighted by atomic mass is 9.59. The van der Waals surface area contributed by atoms with Crippen molar-refractivity contribution >= 4 is 23.3 Å². The fourth-order valence-electron chi connectivity index (χ4n) is 7.67. The molecule has 0 radical (unpaired) electrons. The number of fused-ring (bicyclic) bond motifs is 3. The minimum Gasteiger partial charge on any atom is -0.331 e. The van der Waals surface area contributed by atoms with Crippen LogP contribution in [0.2, 0.25) is 0 Å². The van der Waals surface area contributed by atoms with E-state index in [4.69, 9.17) is 0 Å². The van der Waals surface area contributed by atoms with Crippen molar-refractivity contribution in [2.24, 2.45) is 5.41 Å². The number of carbonyl (C=O) groups excluding carboxylic acids is 3. The van der Waals surface area contributed by atoms with Crippen molar-refractivity contribution < 1.29 is 27.6 Å². The minimum absolute atomic E-state index is 0.0180. The molecule has 0 saturated carbocycles. The van der Waals surface area contributed by atoms with E-state index in [1.165, 1.54) is 9.80 Å². The summed E-state index contributed by atoms with van der Waals surface area (Å²) >= 11 is 0. The maximum Gasteiger partial charge on any atom is 0.404 e. The number of hydrogen-bond donors (Lipinski definition) is 1. The van der Waals surface area contributed by atoms with E-state index in [2.05, 4.69) is 5.32 Å². The summed E-state index contributed by atoms with van der Waals surface area (Å²) in [5, 5.41) is 2.74. The predicted molar refractivity (Wildman–Crippen MR) is 162 cm³/mol. The van der Waals surface area contributed by atoms with Crippen molar-refractivity contribution in [3.63, 3.8) is 0 Å². The highest BCUT2D eigenvalue weighted by Crippen LogP contribution is 2.65. The number of nitrogens with zero attached hydrogens (tertiary/aromatic N) is 2. The number of aryl methyl sites for hydroxylation is 1. The molecule has 4 aromatic carbocycles. The van der Waals surface area contributed by atoms with Crippen LogP contribution >= 0.6 is 0 Å². The molecule has 1 N–H and O–H groups in total. The highest BCUT2D eigenvalue weighted by Gasteiger charge is 2.81. The van der Waals surface area contributed by atoms with E-state index in [1.807, 2.05) is 43.3 Å². The lowest BCUT2D eigenvalue weighted by molar-refractivity contribution is -0.159. The van der Waals surface area contributed by atoms with Gasteiger partial charge in [-0.25, -0.2) is 0 Å². The van der Waals surface area contributed by atoms with Crippen LogP contribution < -0.4 is 10.2 Å². The number of alkyl halides is 3. The van der Waals surface area contributed by atoms with Crippen molar-refractivity contribution in [2.75, 3.05) is 11.4 Å². The molecule has 0 bridgehead atoms. The molecule has 3 aliphatic heterocycles. The number of nitrogens with one attached hydrogen (secondary N) is 1. The Morgan fingerprint density at radius 1 is 0.778 bits per heavy atom. The number of likely N-dealkylation sites (tertiary alicyclic amines) is 1. The summed E-state index contributed by atoms with van der Waals surface area (Å²) in [4.78, 5) is 46.3. The van der Waals surface area contributed by atoms with Gasteiger partial charge in [-0.1, -0.05) is 109 Å². The van der Waals surface area contributed by atoms with Crippen LogP contribution in [0.25, 0.3) is 0 Å². The number of hydrogen-bond acceptors (Lipinski definition) is 4. The van der Waals surface area contributed by atoms with Gasteiger partial charge in [-0.05, 0) is 29.7 Å². The third-order valence-electron chi connectivity index (χ3n) is 9.59. The van der Waals surface area contributed by atoms with E-state index in [1.54, 1.807) is 72.8 Å². The Morgan fingerprint density at radius 2 is 1.36 bits per heavy atom. The van der Waals surface area contributed by atoms with Crippen LogP contribution in [-0.4, -0.2) is 41.3 Å². The highest BCUT2D eigenvalue weighted by atomic mass is 19.4. The van der Waals surface area contributed by atoms with Gasteiger partial charge in [0.2, 0.25) is 5.78 Å². The Kier molecular flexibility index (Phi) is 6.70. The summed E-state index contributed by atoms with van der Waals surface area (Å²) in [5.74, 6) is -4.14. The van der Waals surface area contributed by atoms with Crippen LogP contribution in [0.3, 0.4) is 0 Å². The molecule has 2 amide bonds. The van der Waals surface area contributed by atoms with Gasteiger partial charge in [0, 0.05) is 30.3 Å².